The number of thiophene rings is 1. The molecule has 1 atom stereocenters. The first-order valence-electron chi connectivity index (χ1n) is 7.47. The number of hydrogen-bond acceptors (Lipinski definition) is 6. The highest BCUT2D eigenvalue weighted by molar-refractivity contribution is 7.89. The SMILES string of the molecule is O=C(c1cccs1)N1CCO[C@H](CS(=O)(=O)NCc2ccco2)C1. The molecule has 0 unspecified atom stereocenters. The van der Waals surface area contributed by atoms with E-state index in [1.54, 1.807) is 23.1 Å². The van der Waals surface area contributed by atoms with Crippen LogP contribution in [0, 0.1) is 0 Å². The third-order valence-corrected chi connectivity index (χ3v) is 5.86. The minimum Gasteiger partial charge on any atom is -0.468 e. The minimum absolute atomic E-state index is 0.0840. The van der Waals surface area contributed by atoms with Gasteiger partial charge in [-0.2, -0.15) is 0 Å². The summed E-state index contributed by atoms with van der Waals surface area (Å²) in [6.07, 6.45) is 0.943. The van der Waals surface area contributed by atoms with Crippen LogP contribution >= 0.6 is 11.3 Å². The Balaban J connectivity index is 1.55. The van der Waals surface area contributed by atoms with Gasteiger partial charge in [0.25, 0.3) is 5.91 Å². The number of ether oxygens (including phenoxy) is 1. The van der Waals surface area contributed by atoms with Crippen LogP contribution in [0.15, 0.2) is 40.3 Å². The van der Waals surface area contributed by atoms with Gasteiger partial charge < -0.3 is 14.1 Å². The highest BCUT2D eigenvalue weighted by atomic mass is 32.2. The summed E-state index contributed by atoms with van der Waals surface area (Å²) in [4.78, 5) is 14.6. The van der Waals surface area contributed by atoms with Gasteiger partial charge in [0.2, 0.25) is 10.0 Å². The van der Waals surface area contributed by atoms with Crippen LogP contribution in [-0.2, 0) is 21.3 Å². The summed E-state index contributed by atoms with van der Waals surface area (Å²) in [5.74, 6) is 0.263. The smallest absolute Gasteiger partial charge is 0.264 e. The molecule has 0 bridgehead atoms. The first-order chi connectivity index (χ1) is 11.5. The second-order valence-electron chi connectivity index (χ2n) is 5.40. The second kappa shape index (κ2) is 7.47. The lowest BCUT2D eigenvalue weighted by molar-refractivity contribution is -0.0108. The van der Waals surface area contributed by atoms with Gasteiger partial charge >= 0.3 is 0 Å². The van der Waals surface area contributed by atoms with E-state index < -0.39 is 16.1 Å². The van der Waals surface area contributed by atoms with Crippen LogP contribution in [0.4, 0.5) is 0 Å². The molecular weight excluding hydrogens is 352 g/mol. The molecule has 0 aliphatic carbocycles. The first-order valence-corrected chi connectivity index (χ1v) is 10.0. The fourth-order valence-corrected chi connectivity index (χ4v) is 4.32. The van der Waals surface area contributed by atoms with Gasteiger partial charge in [-0.25, -0.2) is 13.1 Å². The third-order valence-electron chi connectivity index (χ3n) is 3.61. The van der Waals surface area contributed by atoms with Crippen molar-refractivity contribution in [2.75, 3.05) is 25.4 Å². The number of furan rings is 1. The maximum atomic E-state index is 12.4. The van der Waals surface area contributed by atoms with Crippen molar-refractivity contribution in [2.24, 2.45) is 0 Å². The zero-order valence-corrected chi connectivity index (χ0v) is 14.5. The Hall–Kier alpha value is -1.68. The maximum Gasteiger partial charge on any atom is 0.264 e. The number of sulfonamides is 1. The van der Waals surface area contributed by atoms with Gasteiger partial charge in [0.05, 0.1) is 36.1 Å². The third kappa shape index (κ3) is 4.44. The Morgan fingerprint density at radius 3 is 2.96 bits per heavy atom. The van der Waals surface area contributed by atoms with E-state index >= 15 is 0 Å². The topological polar surface area (TPSA) is 88.8 Å². The van der Waals surface area contributed by atoms with Crippen LogP contribution in [0.1, 0.15) is 15.4 Å². The number of amides is 1. The van der Waals surface area contributed by atoms with Crippen molar-refractivity contribution in [2.45, 2.75) is 12.6 Å². The number of morpholine rings is 1. The van der Waals surface area contributed by atoms with E-state index in [2.05, 4.69) is 4.72 Å². The lowest BCUT2D eigenvalue weighted by Gasteiger charge is -2.32. The van der Waals surface area contributed by atoms with E-state index in [0.717, 1.165) is 0 Å². The molecule has 0 saturated carbocycles. The Labute approximate surface area is 144 Å². The van der Waals surface area contributed by atoms with Crippen molar-refractivity contribution in [3.05, 3.63) is 46.5 Å². The van der Waals surface area contributed by atoms with Gasteiger partial charge in [-0.3, -0.25) is 4.79 Å². The number of carbonyl (C=O) groups is 1. The van der Waals surface area contributed by atoms with Gasteiger partial charge in [0.1, 0.15) is 5.76 Å². The van der Waals surface area contributed by atoms with Gasteiger partial charge in [-0.15, -0.1) is 11.3 Å². The molecule has 2 aromatic heterocycles. The highest BCUT2D eigenvalue weighted by Gasteiger charge is 2.29. The fraction of sp³-hybridized carbons (Fsp3) is 0.400. The van der Waals surface area contributed by atoms with Crippen molar-refractivity contribution >= 4 is 27.3 Å². The summed E-state index contributed by atoms with van der Waals surface area (Å²) >= 11 is 1.37. The van der Waals surface area contributed by atoms with Crippen molar-refractivity contribution in [1.29, 1.82) is 0 Å². The standard InChI is InChI=1S/C15H18N2O5S2/c18-15(14-4-2-8-23-14)17-5-7-22-13(10-17)11-24(19,20)16-9-12-3-1-6-21-12/h1-4,6,8,13,16H,5,7,9-11H2/t13-/m0/s1. The lowest BCUT2D eigenvalue weighted by atomic mass is 10.3. The summed E-state index contributed by atoms with van der Waals surface area (Å²) in [6, 6.07) is 6.97. The molecule has 1 fully saturated rings. The molecule has 7 nitrogen and oxygen atoms in total. The maximum absolute atomic E-state index is 12.4. The minimum atomic E-state index is -3.53. The van der Waals surface area contributed by atoms with Crippen molar-refractivity contribution in [3.8, 4) is 0 Å². The number of carbonyl (C=O) groups excluding carboxylic acids is 1. The highest BCUT2D eigenvalue weighted by Crippen LogP contribution is 2.15. The summed E-state index contributed by atoms with van der Waals surface area (Å²) < 4.78 is 37.4. The molecule has 3 heterocycles. The molecule has 24 heavy (non-hydrogen) atoms. The monoisotopic (exact) mass is 370 g/mol. The number of rotatable bonds is 6. The van der Waals surface area contributed by atoms with Crippen LogP contribution in [0.3, 0.4) is 0 Å². The van der Waals surface area contributed by atoms with E-state index in [1.807, 2.05) is 11.4 Å². The molecule has 130 valence electrons. The lowest BCUT2D eigenvalue weighted by Crippen LogP contribution is -2.48. The fourth-order valence-electron chi connectivity index (χ4n) is 2.46. The molecule has 3 rings (SSSR count). The van der Waals surface area contributed by atoms with Gasteiger partial charge in [-0.1, -0.05) is 6.07 Å². The molecule has 1 amide bonds. The quantitative estimate of drug-likeness (QED) is 0.828. The van der Waals surface area contributed by atoms with E-state index in [-0.39, 0.29) is 24.7 Å². The largest absolute Gasteiger partial charge is 0.468 e. The average molecular weight is 370 g/mol. The van der Waals surface area contributed by atoms with Crippen molar-refractivity contribution in [3.63, 3.8) is 0 Å². The van der Waals surface area contributed by atoms with Gasteiger partial charge in [0, 0.05) is 13.1 Å². The van der Waals surface area contributed by atoms with E-state index in [0.29, 0.717) is 23.8 Å². The molecule has 2 aromatic rings. The van der Waals surface area contributed by atoms with Crippen LogP contribution in [0.5, 0.6) is 0 Å². The summed E-state index contributed by atoms with van der Waals surface area (Å²) in [5.41, 5.74) is 0. The number of nitrogens with zero attached hydrogens (tertiary/aromatic N) is 1. The van der Waals surface area contributed by atoms with Crippen LogP contribution in [0.25, 0.3) is 0 Å². The summed E-state index contributed by atoms with van der Waals surface area (Å²) in [7, 11) is -3.53. The normalized spacial score (nSPS) is 18.7. The number of nitrogens with one attached hydrogen (secondary N) is 1. The van der Waals surface area contributed by atoms with E-state index in [9.17, 15) is 13.2 Å². The first kappa shape index (κ1) is 17.2. The summed E-state index contributed by atoms with van der Waals surface area (Å²) in [5, 5.41) is 1.84. The summed E-state index contributed by atoms with van der Waals surface area (Å²) in [6.45, 7) is 1.15. The average Bonchev–Trinajstić information content (AvgIpc) is 3.26. The van der Waals surface area contributed by atoms with Crippen molar-refractivity contribution < 1.29 is 22.4 Å². The van der Waals surface area contributed by atoms with Crippen molar-refractivity contribution in [1.82, 2.24) is 9.62 Å². The van der Waals surface area contributed by atoms with Gasteiger partial charge in [0.15, 0.2) is 0 Å². The molecular formula is C15H18N2O5S2. The Kier molecular flexibility index (Phi) is 5.34. The van der Waals surface area contributed by atoms with E-state index in [1.165, 1.54) is 17.6 Å². The molecule has 1 aliphatic rings. The van der Waals surface area contributed by atoms with Gasteiger partial charge in [-0.05, 0) is 23.6 Å². The molecule has 1 aliphatic heterocycles. The predicted octanol–water partition coefficient (Wildman–Crippen LogP) is 1.30. The zero-order valence-electron chi connectivity index (χ0n) is 12.9. The molecule has 1 N–H and O–H groups in total. The predicted molar refractivity (Wildman–Crippen MR) is 89.3 cm³/mol. The van der Waals surface area contributed by atoms with Crippen LogP contribution in [-0.4, -0.2) is 50.8 Å². The Morgan fingerprint density at radius 1 is 1.38 bits per heavy atom. The molecule has 0 radical (unpaired) electrons. The van der Waals surface area contributed by atoms with Crippen LogP contribution in [0.2, 0.25) is 0 Å². The molecule has 0 spiro atoms. The Morgan fingerprint density at radius 2 is 2.25 bits per heavy atom. The number of hydrogen-bond donors (Lipinski definition) is 1. The van der Waals surface area contributed by atoms with Crippen LogP contribution < -0.4 is 4.72 Å². The van der Waals surface area contributed by atoms with E-state index in [4.69, 9.17) is 9.15 Å². The second-order valence-corrected chi connectivity index (χ2v) is 8.20. The molecule has 0 aromatic carbocycles. The Bertz CT molecular complexity index is 756. The molecule has 1 saturated heterocycles. The molecule has 9 heteroatoms. The zero-order chi connectivity index (χ0) is 17.0.